The van der Waals surface area contributed by atoms with E-state index >= 15 is 0 Å². The Morgan fingerprint density at radius 1 is 1.62 bits per heavy atom. The highest BCUT2D eigenvalue weighted by Gasteiger charge is 1.94. The number of hydrogen-bond donors (Lipinski definition) is 0. The first-order chi connectivity index (χ1) is 3.68. The van der Waals surface area contributed by atoms with Crippen molar-refractivity contribution in [2.45, 2.75) is 6.92 Å². The van der Waals surface area contributed by atoms with Crippen molar-refractivity contribution in [3.8, 4) is 0 Å². The molecule has 0 bridgehead atoms. The molecule has 0 fully saturated rings. The van der Waals surface area contributed by atoms with Crippen LogP contribution in [0.3, 0.4) is 0 Å². The lowest BCUT2D eigenvalue weighted by atomic mass is 10.8. The molecule has 0 rings (SSSR count). The van der Waals surface area contributed by atoms with Crippen LogP contribution in [0.2, 0.25) is 0 Å². The molecule has 0 aromatic heterocycles. The molecule has 3 heteroatoms. The molecule has 0 heterocycles. The summed E-state index contributed by atoms with van der Waals surface area (Å²) in [6, 6.07) is -0.215. The highest BCUT2D eigenvalue weighted by atomic mass is 16.2. The SMILES string of the molecule is CC=NC(=O)N(C)C. The van der Waals surface area contributed by atoms with Gasteiger partial charge in [-0.3, -0.25) is 0 Å². The number of urea groups is 1. The Morgan fingerprint density at radius 3 is 2.25 bits per heavy atom. The second-order valence-corrected chi connectivity index (χ2v) is 1.56. The van der Waals surface area contributed by atoms with Gasteiger partial charge < -0.3 is 4.90 Å². The Morgan fingerprint density at radius 2 is 2.12 bits per heavy atom. The molecule has 0 aliphatic rings. The summed E-state index contributed by atoms with van der Waals surface area (Å²) in [7, 11) is 3.32. The van der Waals surface area contributed by atoms with E-state index in [1.54, 1.807) is 21.0 Å². The van der Waals surface area contributed by atoms with Crippen LogP contribution in [-0.4, -0.2) is 31.2 Å². The van der Waals surface area contributed by atoms with Crippen molar-refractivity contribution < 1.29 is 4.79 Å². The zero-order valence-corrected chi connectivity index (χ0v) is 5.38. The number of carbonyl (C=O) groups is 1. The lowest BCUT2D eigenvalue weighted by Gasteiger charge is -2.02. The third-order valence-electron chi connectivity index (χ3n) is 0.622. The van der Waals surface area contributed by atoms with E-state index < -0.39 is 0 Å². The van der Waals surface area contributed by atoms with Gasteiger partial charge in [-0.05, 0) is 6.92 Å². The normalized spacial score (nSPS) is 9.88. The van der Waals surface area contributed by atoms with E-state index in [9.17, 15) is 4.79 Å². The predicted octanol–water partition coefficient (Wildman–Crippen LogP) is 0.759. The zero-order chi connectivity index (χ0) is 6.57. The monoisotopic (exact) mass is 114 g/mol. The number of rotatable bonds is 0. The fourth-order valence-electron chi connectivity index (χ4n) is 0.226. The Labute approximate surface area is 49.0 Å². The van der Waals surface area contributed by atoms with Gasteiger partial charge in [0.1, 0.15) is 0 Å². The second-order valence-electron chi connectivity index (χ2n) is 1.56. The zero-order valence-electron chi connectivity index (χ0n) is 5.38. The molecule has 0 aromatic rings. The van der Waals surface area contributed by atoms with E-state index in [1.807, 2.05) is 0 Å². The van der Waals surface area contributed by atoms with Gasteiger partial charge >= 0.3 is 6.03 Å². The molecule has 0 N–H and O–H groups in total. The Kier molecular flexibility index (Phi) is 2.84. The van der Waals surface area contributed by atoms with Gasteiger partial charge in [-0.15, -0.1) is 0 Å². The summed E-state index contributed by atoms with van der Waals surface area (Å²) in [6.45, 7) is 1.71. The maximum atomic E-state index is 10.5. The number of hydrogen-bond acceptors (Lipinski definition) is 1. The summed E-state index contributed by atoms with van der Waals surface area (Å²) in [4.78, 5) is 15.4. The van der Waals surface area contributed by atoms with E-state index in [-0.39, 0.29) is 6.03 Å². The molecule has 2 amide bonds. The van der Waals surface area contributed by atoms with Crippen LogP contribution in [0.25, 0.3) is 0 Å². The van der Waals surface area contributed by atoms with Crippen LogP contribution < -0.4 is 0 Å². The van der Waals surface area contributed by atoms with Gasteiger partial charge in [0.25, 0.3) is 0 Å². The number of carbonyl (C=O) groups excluding carboxylic acids is 1. The fraction of sp³-hybridized carbons (Fsp3) is 0.600. The topological polar surface area (TPSA) is 32.7 Å². The van der Waals surface area contributed by atoms with Crippen LogP contribution in [0.5, 0.6) is 0 Å². The van der Waals surface area contributed by atoms with Crippen molar-refractivity contribution >= 4 is 12.2 Å². The molecule has 0 unspecified atom stereocenters. The lowest BCUT2D eigenvalue weighted by molar-refractivity contribution is 0.227. The van der Waals surface area contributed by atoms with E-state index in [0.29, 0.717) is 0 Å². The maximum Gasteiger partial charge on any atom is 0.342 e. The van der Waals surface area contributed by atoms with Crippen molar-refractivity contribution in [3.05, 3.63) is 0 Å². The van der Waals surface area contributed by atoms with Crippen LogP contribution in [0.4, 0.5) is 4.79 Å². The van der Waals surface area contributed by atoms with Gasteiger partial charge in [0.2, 0.25) is 0 Å². The summed E-state index contributed by atoms with van der Waals surface area (Å²) < 4.78 is 0. The third kappa shape index (κ3) is 2.34. The highest BCUT2D eigenvalue weighted by Crippen LogP contribution is 1.80. The minimum atomic E-state index is -0.215. The third-order valence-corrected chi connectivity index (χ3v) is 0.622. The molecule has 8 heavy (non-hydrogen) atoms. The molecule has 0 saturated heterocycles. The van der Waals surface area contributed by atoms with Crippen molar-refractivity contribution in [3.63, 3.8) is 0 Å². The molecular weight excluding hydrogens is 104 g/mol. The van der Waals surface area contributed by atoms with E-state index in [4.69, 9.17) is 0 Å². The molecule has 0 aliphatic carbocycles. The highest BCUT2D eigenvalue weighted by molar-refractivity contribution is 5.82. The van der Waals surface area contributed by atoms with Gasteiger partial charge in [-0.2, -0.15) is 0 Å². The minimum Gasteiger partial charge on any atom is -0.329 e. The van der Waals surface area contributed by atoms with Gasteiger partial charge in [0, 0.05) is 20.3 Å². The average Bonchev–Trinajstić information content (AvgIpc) is 1.67. The number of amides is 2. The van der Waals surface area contributed by atoms with Crippen LogP contribution >= 0.6 is 0 Å². The summed E-state index contributed by atoms with van der Waals surface area (Å²) in [5, 5.41) is 0. The molecule has 0 aromatic carbocycles. The average molecular weight is 114 g/mol. The van der Waals surface area contributed by atoms with Crippen LogP contribution in [0.15, 0.2) is 4.99 Å². The van der Waals surface area contributed by atoms with Crippen molar-refractivity contribution in [2.75, 3.05) is 14.1 Å². The molecule has 0 atom stereocenters. The summed E-state index contributed by atoms with van der Waals surface area (Å²) in [5.74, 6) is 0. The molecule has 0 spiro atoms. The first-order valence-electron chi connectivity index (χ1n) is 2.38. The van der Waals surface area contributed by atoms with E-state index in [0.717, 1.165) is 0 Å². The van der Waals surface area contributed by atoms with Gasteiger partial charge in [-0.25, -0.2) is 9.79 Å². The van der Waals surface area contributed by atoms with Crippen LogP contribution in [-0.2, 0) is 0 Å². The maximum absolute atomic E-state index is 10.5. The first-order valence-corrected chi connectivity index (χ1v) is 2.38. The molecule has 3 nitrogen and oxygen atoms in total. The van der Waals surface area contributed by atoms with E-state index in [2.05, 4.69) is 4.99 Å². The van der Waals surface area contributed by atoms with Gasteiger partial charge in [0.05, 0.1) is 0 Å². The van der Waals surface area contributed by atoms with Crippen molar-refractivity contribution in [1.29, 1.82) is 0 Å². The van der Waals surface area contributed by atoms with E-state index in [1.165, 1.54) is 11.1 Å². The van der Waals surface area contributed by atoms with Crippen LogP contribution in [0.1, 0.15) is 6.92 Å². The molecule has 0 aliphatic heterocycles. The Hall–Kier alpha value is -0.860. The lowest BCUT2D eigenvalue weighted by Crippen LogP contribution is -2.17. The fourth-order valence-corrected chi connectivity index (χ4v) is 0.226. The predicted molar refractivity (Wildman–Crippen MR) is 33.2 cm³/mol. The molecule has 0 saturated carbocycles. The van der Waals surface area contributed by atoms with Crippen molar-refractivity contribution in [2.24, 2.45) is 4.99 Å². The number of aliphatic imine (C=N–C) groups is 1. The van der Waals surface area contributed by atoms with Crippen molar-refractivity contribution in [1.82, 2.24) is 4.90 Å². The molecule has 0 radical (unpaired) electrons. The smallest absolute Gasteiger partial charge is 0.329 e. The molecule has 46 valence electrons. The Bertz CT molecular complexity index is 107. The largest absolute Gasteiger partial charge is 0.342 e. The second kappa shape index (κ2) is 3.18. The summed E-state index contributed by atoms with van der Waals surface area (Å²) >= 11 is 0. The van der Waals surface area contributed by atoms with Gasteiger partial charge in [0.15, 0.2) is 0 Å². The quantitative estimate of drug-likeness (QED) is 0.428. The molecular formula is C5H10N2O. The summed E-state index contributed by atoms with van der Waals surface area (Å²) in [5.41, 5.74) is 0. The van der Waals surface area contributed by atoms with Crippen LogP contribution in [0, 0.1) is 0 Å². The standard InChI is InChI=1S/C5H10N2O/c1-4-6-5(8)7(2)3/h4H,1-3H3. The summed E-state index contributed by atoms with van der Waals surface area (Å²) in [6.07, 6.45) is 1.47. The Balaban J connectivity index is 3.66. The number of nitrogens with zero attached hydrogens (tertiary/aromatic N) is 2. The first kappa shape index (κ1) is 7.14. The van der Waals surface area contributed by atoms with Gasteiger partial charge in [-0.1, -0.05) is 0 Å². The minimum absolute atomic E-state index is 0.215.